The third kappa shape index (κ3) is 5.91. The van der Waals surface area contributed by atoms with Gasteiger partial charge < -0.3 is 23.8 Å². The van der Waals surface area contributed by atoms with Gasteiger partial charge in [0.15, 0.2) is 12.6 Å². The summed E-state index contributed by atoms with van der Waals surface area (Å²) in [7, 11) is 1.47. The first-order valence-electron chi connectivity index (χ1n) is 18.6. The lowest BCUT2D eigenvalue weighted by atomic mass is 9.88. The highest BCUT2D eigenvalue weighted by atomic mass is 19.1. The topological polar surface area (TPSA) is 102 Å². The molecule has 2 atom stereocenters. The number of benzene rings is 2. The molecule has 11 nitrogen and oxygen atoms in total. The number of carbonyl (C=O) groups excluding carboxylic acids is 1. The van der Waals surface area contributed by atoms with E-state index in [1.807, 2.05) is 25.7 Å². The van der Waals surface area contributed by atoms with E-state index in [2.05, 4.69) is 20.8 Å². The Morgan fingerprint density at radius 3 is 2.56 bits per heavy atom. The normalized spacial score (nSPS) is 21.7. The SMILES string of the molecule is [2H]C([2H])(Oc1nc(N2CC3CC(C2)N3C(=O)OC(C)(C)C)c2cnc(-c3cc(OCOC)cc4ccc(F)c(C#C)c34)c(F)c2n1)C12CCCN1CCC2. The lowest BCUT2D eigenvalue weighted by Gasteiger charge is -2.56. The van der Waals surface area contributed by atoms with Crippen molar-refractivity contribution in [1.29, 1.82) is 0 Å². The zero-order valence-electron chi connectivity index (χ0n) is 31.7. The average molecular weight is 715 g/mol. The predicted molar refractivity (Wildman–Crippen MR) is 191 cm³/mol. The summed E-state index contributed by atoms with van der Waals surface area (Å²) in [5, 5.41) is 1.01. The lowest BCUT2D eigenvalue weighted by molar-refractivity contribution is -0.0380. The van der Waals surface area contributed by atoms with Gasteiger partial charge in [-0.25, -0.2) is 13.6 Å². The number of nitrogens with zero attached hydrogens (tertiary/aromatic N) is 6. The van der Waals surface area contributed by atoms with Crippen molar-refractivity contribution >= 4 is 33.6 Å². The van der Waals surface area contributed by atoms with E-state index in [-0.39, 0.29) is 58.0 Å². The first-order valence-corrected chi connectivity index (χ1v) is 17.6. The van der Waals surface area contributed by atoms with E-state index < -0.39 is 35.4 Å². The maximum atomic E-state index is 17.3. The Morgan fingerprint density at radius 1 is 1.12 bits per heavy atom. The summed E-state index contributed by atoms with van der Waals surface area (Å²) < 4.78 is 73.5. The summed E-state index contributed by atoms with van der Waals surface area (Å²) in [5.41, 5.74) is -1.75. The number of terminal acetylenes is 1. The summed E-state index contributed by atoms with van der Waals surface area (Å²) in [6.07, 6.45) is 10.5. The number of hydrogen-bond acceptors (Lipinski definition) is 10. The van der Waals surface area contributed by atoms with Gasteiger partial charge in [-0.15, -0.1) is 6.42 Å². The first-order chi connectivity index (χ1) is 25.7. The van der Waals surface area contributed by atoms with E-state index in [0.29, 0.717) is 42.9 Å². The fourth-order valence-electron chi connectivity index (χ4n) is 8.26. The first kappa shape index (κ1) is 31.9. The number of amides is 1. The van der Waals surface area contributed by atoms with E-state index >= 15 is 8.78 Å². The molecule has 13 heteroatoms. The molecule has 5 saturated heterocycles. The molecule has 2 aromatic carbocycles. The molecule has 2 aromatic heterocycles. The minimum absolute atomic E-state index is 0.0679. The minimum atomic E-state index is -2.20. The van der Waals surface area contributed by atoms with Crippen LogP contribution in [0.2, 0.25) is 0 Å². The molecule has 1 amide bonds. The highest BCUT2D eigenvalue weighted by Crippen LogP contribution is 2.43. The van der Waals surface area contributed by atoms with Crippen molar-refractivity contribution in [2.75, 3.05) is 51.5 Å². The second-order valence-electron chi connectivity index (χ2n) is 15.0. The number of halogens is 2. The second kappa shape index (κ2) is 13.0. The number of piperidine rings is 1. The monoisotopic (exact) mass is 714 g/mol. The molecule has 52 heavy (non-hydrogen) atoms. The Bertz CT molecular complexity index is 2190. The summed E-state index contributed by atoms with van der Waals surface area (Å²) in [5.74, 6) is 1.50. The van der Waals surface area contributed by atoms with E-state index in [4.69, 9.17) is 30.4 Å². The van der Waals surface area contributed by atoms with Crippen LogP contribution < -0.4 is 14.4 Å². The highest BCUT2D eigenvalue weighted by molar-refractivity contribution is 6.03. The minimum Gasteiger partial charge on any atom is -0.468 e. The van der Waals surface area contributed by atoms with Gasteiger partial charge in [-0.1, -0.05) is 12.0 Å². The number of piperazine rings is 1. The van der Waals surface area contributed by atoms with Crippen LogP contribution in [-0.4, -0.2) is 101 Å². The number of methoxy groups -OCH3 is 1. The molecule has 0 aliphatic carbocycles. The van der Waals surface area contributed by atoms with Crippen molar-refractivity contribution in [2.45, 2.75) is 76.1 Å². The third-order valence-corrected chi connectivity index (χ3v) is 10.5. The van der Waals surface area contributed by atoms with Crippen molar-refractivity contribution in [2.24, 2.45) is 0 Å². The standard InChI is InChI=1S/C39H42F2N6O5/c1-6-27-30(40)10-9-23-15-26(51-22-49-5)17-28(31(23)27)33-32(41)34-29(18-42-33)35(44-36(43-34)50-21-39-11-7-13-46(39)14-8-12-39)45-19-24-16-25(20-45)47(24)37(48)52-38(2,3)4/h1,9-10,15,17-18,24-25H,7-8,11-14,16,19-22H2,2-5H3/i21D2. The van der Waals surface area contributed by atoms with Crippen LogP contribution in [0.1, 0.15) is 61.2 Å². The molecule has 7 heterocycles. The Labute approximate surface area is 304 Å². The fourth-order valence-corrected chi connectivity index (χ4v) is 8.26. The lowest BCUT2D eigenvalue weighted by Crippen LogP contribution is -2.70. The molecule has 272 valence electrons. The van der Waals surface area contributed by atoms with Gasteiger partial charge in [0.2, 0.25) is 0 Å². The molecular formula is C39H42F2N6O5. The largest absolute Gasteiger partial charge is 0.468 e. The van der Waals surface area contributed by atoms with E-state index in [9.17, 15) is 7.54 Å². The van der Waals surface area contributed by atoms with Crippen LogP contribution in [0, 0.1) is 24.0 Å². The number of rotatable bonds is 8. The molecule has 5 aliphatic rings. The highest BCUT2D eigenvalue weighted by Gasteiger charge is 2.50. The number of aromatic nitrogens is 3. The molecule has 9 rings (SSSR count). The smallest absolute Gasteiger partial charge is 0.410 e. The number of anilines is 1. The average Bonchev–Trinajstić information content (AvgIpc) is 3.73. The van der Waals surface area contributed by atoms with Gasteiger partial charge in [0.1, 0.15) is 40.8 Å². The number of carbonyl (C=O) groups is 1. The molecule has 0 spiro atoms. The van der Waals surface area contributed by atoms with E-state index in [0.717, 1.165) is 32.4 Å². The molecule has 5 fully saturated rings. The summed E-state index contributed by atoms with van der Waals surface area (Å²) in [6.45, 7) is 5.43. The Hall–Kier alpha value is -4.80. The maximum absolute atomic E-state index is 17.3. The van der Waals surface area contributed by atoms with Gasteiger partial charge in [-0.05, 0) is 89.6 Å². The number of hydrogen-bond donors (Lipinski definition) is 0. The van der Waals surface area contributed by atoms with Gasteiger partial charge in [-0.3, -0.25) is 14.8 Å². The molecule has 0 radical (unpaired) electrons. The molecular weight excluding hydrogens is 670 g/mol. The molecule has 4 aromatic rings. The van der Waals surface area contributed by atoms with Gasteiger partial charge in [0.05, 0.1) is 31.3 Å². The molecule has 2 unspecified atom stereocenters. The predicted octanol–water partition coefficient (Wildman–Crippen LogP) is 6.29. The molecule has 0 saturated carbocycles. The second-order valence-corrected chi connectivity index (χ2v) is 15.0. The Balaban J connectivity index is 1.26. The van der Waals surface area contributed by atoms with Crippen molar-refractivity contribution in [3.63, 3.8) is 0 Å². The van der Waals surface area contributed by atoms with Gasteiger partial charge in [-0.2, -0.15) is 9.97 Å². The van der Waals surface area contributed by atoms with Crippen LogP contribution in [-0.2, 0) is 9.47 Å². The van der Waals surface area contributed by atoms with E-state index in [1.165, 1.54) is 31.5 Å². The van der Waals surface area contributed by atoms with Crippen LogP contribution in [0.5, 0.6) is 11.8 Å². The van der Waals surface area contributed by atoms with Crippen LogP contribution in [0.25, 0.3) is 32.9 Å². The molecule has 2 bridgehead atoms. The third-order valence-electron chi connectivity index (χ3n) is 10.5. The quantitative estimate of drug-likeness (QED) is 0.153. The number of ether oxygens (including phenoxy) is 4. The van der Waals surface area contributed by atoms with Gasteiger partial charge >= 0.3 is 12.1 Å². The molecule has 0 N–H and O–H groups in total. The Morgan fingerprint density at radius 2 is 1.87 bits per heavy atom. The van der Waals surface area contributed by atoms with Crippen molar-refractivity contribution < 1.29 is 35.3 Å². The van der Waals surface area contributed by atoms with Crippen molar-refractivity contribution in [3.8, 4) is 35.4 Å². The van der Waals surface area contributed by atoms with Crippen LogP contribution in [0.3, 0.4) is 0 Å². The van der Waals surface area contributed by atoms with Gasteiger partial charge in [0.25, 0.3) is 0 Å². The fraction of sp³-hybridized carbons (Fsp3) is 0.487. The molecule has 5 aliphatic heterocycles. The van der Waals surface area contributed by atoms with Crippen molar-refractivity contribution in [1.82, 2.24) is 24.8 Å². The van der Waals surface area contributed by atoms with E-state index in [1.54, 1.807) is 11.0 Å². The summed E-state index contributed by atoms with van der Waals surface area (Å²) in [6, 6.07) is 5.26. The number of pyridine rings is 1. The van der Waals surface area contributed by atoms with Crippen LogP contribution >= 0.6 is 0 Å². The summed E-state index contributed by atoms with van der Waals surface area (Å²) in [4.78, 5) is 32.7. The van der Waals surface area contributed by atoms with Gasteiger partial charge in [0, 0.05) is 37.3 Å². The maximum Gasteiger partial charge on any atom is 0.410 e. The number of fused-ring (bicyclic) bond motifs is 5. The van der Waals surface area contributed by atoms with Crippen molar-refractivity contribution in [3.05, 3.63) is 47.7 Å². The van der Waals surface area contributed by atoms with Crippen LogP contribution in [0.4, 0.5) is 19.4 Å². The zero-order chi connectivity index (χ0) is 38.2. The zero-order valence-corrected chi connectivity index (χ0v) is 29.7. The summed E-state index contributed by atoms with van der Waals surface area (Å²) >= 11 is 0. The Kier molecular flexibility index (Phi) is 7.98. The van der Waals surface area contributed by atoms with Crippen LogP contribution in [0.15, 0.2) is 30.5 Å².